The highest BCUT2D eigenvalue weighted by atomic mass is 16.5. The molecular weight excluding hydrogens is 434 g/mol. The van der Waals surface area contributed by atoms with Crippen LogP contribution < -0.4 is 21.1 Å². The summed E-state index contributed by atoms with van der Waals surface area (Å²) in [6.07, 6.45) is 9.25. The molecule has 1 saturated carbocycles. The largest absolute Gasteiger partial charge is 0.619 e. The number of aromatic nitrogens is 4. The number of pyridine rings is 1. The number of anilines is 2. The minimum absolute atomic E-state index is 0.116. The molecular formula is C24H31N7O3. The van der Waals surface area contributed by atoms with Gasteiger partial charge in [0.05, 0.1) is 11.8 Å². The van der Waals surface area contributed by atoms with E-state index in [-0.39, 0.29) is 12.0 Å². The third-order valence-corrected chi connectivity index (χ3v) is 6.86. The quantitative estimate of drug-likeness (QED) is 0.287. The highest BCUT2D eigenvalue weighted by molar-refractivity contribution is 5.76. The van der Waals surface area contributed by atoms with E-state index in [0.717, 1.165) is 59.2 Å². The Balaban J connectivity index is 1.64. The monoisotopic (exact) mass is 465 g/mol. The Bertz CT molecular complexity index is 1210. The highest BCUT2D eigenvalue weighted by Gasteiger charge is 2.43. The summed E-state index contributed by atoms with van der Waals surface area (Å²) in [6, 6.07) is 3.06. The fourth-order valence-corrected chi connectivity index (χ4v) is 5.11. The molecule has 34 heavy (non-hydrogen) atoms. The summed E-state index contributed by atoms with van der Waals surface area (Å²) in [5.41, 5.74) is 9.26. The molecule has 1 fully saturated rings. The van der Waals surface area contributed by atoms with Gasteiger partial charge in [-0.15, -0.1) is 0 Å². The third-order valence-electron chi connectivity index (χ3n) is 6.86. The van der Waals surface area contributed by atoms with Gasteiger partial charge in [0.1, 0.15) is 23.8 Å². The van der Waals surface area contributed by atoms with Crippen LogP contribution in [0.1, 0.15) is 62.3 Å². The van der Waals surface area contributed by atoms with Crippen LogP contribution in [0.2, 0.25) is 0 Å². The van der Waals surface area contributed by atoms with E-state index in [0.29, 0.717) is 18.2 Å². The Morgan fingerprint density at radius 1 is 1.44 bits per heavy atom. The lowest BCUT2D eigenvalue weighted by molar-refractivity contribution is -0.605. The number of fused-ring (bicyclic) bond motifs is 3. The van der Waals surface area contributed by atoms with Crippen molar-refractivity contribution in [3.63, 3.8) is 0 Å². The predicted molar refractivity (Wildman–Crippen MR) is 127 cm³/mol. The van der Waals surface area contributed by atoms with Gasteiger partial charge in [0.15, 0.2) is 18.0 Å². The lowest BCUT2D eigenvalue weighted by atomic mass is 9.76. The average Bonchev–Trinajstić information content (AvgIpc) is 3.24. The molecule has 180 valence electrons. The van der Waals surface area contributed by atoms with Gasteiger partial charge in [-0.05, 0) is 32.3 Å². The summed E-state index contributed by atoms with van der Waals surface area (Å²) < 4.78 is 8.62. The molecule has 1 aliphatic carbocycles. The summed E-state index contributed by atoms with van der Waals surface area (Å²) in [4.78, 5) is 17.6. The molecule has 4 atom stereocenters. The zero-order chi connectivity index (χ0) is 23.8. The van der Waals surface area contributed by atoms with Crippen LogP contribution in [0.25, 0.3) is 5.65 Å². The van der Waals surface area contributed by atoms with Crippen LogP contribution in [0.15, 0.2) is 30.7 Å². The van der Waals surface area contributed by atoms with Crippen LogP contribution >= 0.6 is 0 Å². The van der Waals surface area contributed by atoms with Crippen LogP contribution in [0.5, 0.6) is 0 Å². The second-order valence-corrected chi connectivity index (χ2v) is 9.25. The molecule has 2 aliphatic rings. The Morgan fingerprint density at radius 2 is 2.26 bits per heavy atom. The van der Waals surface area contributed by atoms with E-state index in [9.17, 15) is 10.0 Å². The van der Waals surface area contributed by atoms with E-state index in [1.807, 2.05) is 12.3 Å². The van der Waals surface area contributed by atoms with Gasteiger partial charge >= 0.3 is 5.97 Å². The van der Waals surface area contributed by atoms with Gasteiger partial charge in [-0.3, -0.25) is 4.79 Å². The minimum Gasteiger partial charge on any atom is -0.619 e. The molecule has 0 aromatic carbocycles. The second-order valence-electron chi connectivity index (χ2n) is 9.25. The van der Waals surface area contributed by atoms with Gasteiger partial charge in [-0.25, -0.2) is 4.98 Å². The van der Waals surface area contributed by atoms with Crippen LogP contribution in [-0.2, 0) is 22.5 Å². The number of hydrogen-bond acceptors (Lipinski definition) is 8. The number of nitrogens with one attached hydrogen (secondary N) is 2. The molecule has 0 saturated heterocycles. The van der Waals surface area contributed by atoms with Crippen LogP contribution in [-0.4, -0.2) is 32.7 Å². The van der Waals surface area contributed by atoms with Gasteiger partial charge in [-0.2, -0.15) is 14.3 Å². The second kappa shape index (κ2) is 9.09. The Hall–Kier alpha value is -3.40. The molecule has 0 spiro atoms. The molecule has 2 unspecified atom stereocenters. The standard InChI is InChI=1S/C24H31N7O3/c1-3-16-12-27-31-22(16)29-21-19(23(31)26-11-15-7-6-10-30(33)13-15)20(34-24(32)14(2)25)17-8-4-5-9-18(17)28-21/h6-7,10,12-14,17-18,20,26H,3-5,8-9,11,25H2,1-2H3,(H,28,29)/t14-,17+,18?,20?/m0/s1. The van der Waals surface area contributed by atoms with Crippen molar-refractivity contribution in [3.05, 3.63) is 52.6 Å². The summed E-state index contributed by atoms with van der Waals surface area (Å²) >= 11 is 0. The maximum atomic E-state index is 12.7. The molecule has 3 aromatic rings. The molecule has 4 N–H and O–H groups in total. The molecule has 5 rings (SSSR count). The van der Waals surface area contributed by atoms with Gasteiger partial charge in [0.25, 0.3) is 0 Å². The molecule has 3 aromatic heterocycles. The molecule has 0 bridgehead atoms. The predicted octanol–water partition coefficient (Wildman–Crippen LogP) is 2.45. The van der Waals surface area contributed by atoms with E-state index in [4.69, 9.17) is 15.5 Å². The van der Waals surface area contributed by atoms with Gasteiger partial charge < -0.3 is 26.3 Å². The van der Waals surface area contributed by atoms with Gasteiger partial charge in [-0.1, -0.05) is 19.8 Å². The molecule has 10 heteroatoms. The number of esters is 1. The minimum atomic E-state index is -0.721. The topological polar surface area (TPSA) is 134 Å². The first kappa shape index (κ1) is 22.4. The maximum absolute atomic E-state index is 12.7. The van der Waals surface area contributed by atoms with Crippen molar-refractivity contribution >= 4 is 23.3 Å². The SMILES string of the molecule is CCc1cnn2c(NCc3ccc[n+]([O-])c3)c3c(nc12)NC1CCCC[C@H]1C3OC(=O)[C@H](C)N. The lowest BCUT2D eigenvalue weighted by Crippen LogP contribution is -2.44. The van der Waals surface area contributed by atoms with Gasteiger partial charge in [0, 0.05) is 35.7 Å². The number of nitrogens with two attached hydrogens (primary N) is 1. The average molecular weight is 466 g/mol. The van der Waals surface area contributed by atoms with E-state index in [2.05, 4.69) is 22.7 Å². The molecule has 1 aliphatic heterocycles. The van der Waals surface area contributed by atoms with Crippen molar-refractivity contribution in [2.45, 2.75) is 70.7 Å². The fraction of sp³-hybridized carbons (Fsp3) is 0.500. The van der Waals surface area contributed by atoms with E-state index in [1.165, 1.54) is 12.4 Å². The third kappa shape index (κ3) is 4.02. The number of carbonyl (C=O) groups excluding carboxylic acids is 1. The lowest BCUT2D eigenvalue weighted by Gasteiger charge is -2.42. The fourth-order valence-electron chi connectivity index (χ4n) is 5.11. The number of rotatable bonds is 6. The zero-order valence-corrected chi connectivity index (χ0v) is 19.5. The Kier molecular flexibility index (Phi) is 5.99. The van der Waals surface area contributed by atoms with Crippen molar-refractivity contribution in [3.8, 4) is 0 Å². The summed E-state index contributed by atoms with van der Waals surface area (Å²) in [5, 5.41) is 23.5. The van der Waals surface area contributed by atoms with Crippen molar-refractivity contribution in [1.82, 2.24) is 14.6 Å². The number of nitrogens with zero attached hydrogens (tertiary/aromatic N) is 4. The Labute approximate surface area is 198 Å². The number of ether oxygens (including phenoxy) is 1. The number of hydrogen-bond donors (Lipinski definition) is 3. The first-order chi connectivity index (χ1) is 16.5. The number of aryl methyl sites for hydroxylation is 1. The first-order valence-corrected chi connectivity index (χ1v) is 12.0. The van der Waals surface area contributed by atoms with E-state index >= 15 is 0 Å². The van der Waals surface area contributed by atoms with Crippen LogP contribution in [0.4, 0.5) is 11.6 Å². The Morgan fingerprint density at radius 3 is 3.03 bits per heavy atom. The van der Waals surface area contributed by atoms with Crippen molar-refractivity contribution in [2.24, 2.45) is 11.7 Å². The van der Waals surface area contributed by atoms with Crippen molar-refractivity contribution in [2.75, 3.05) is 10.6 Å². The summed E-state index contributed by atoms with van der Waals surface area (Å²) in [5.74, 6) is 1.10. The van der Waals surface area contributed by atoms with Crippen molar-refractivity contribution in [1.29, 1.82) is 0 Å². The summed E-state index contributed by atoms with van der Waals surface area (Å²) in [7, 11) is 0. The zero-order valence-electron chi connectivity index (χ0n) is 19.5. The van der Waals surface area contributed by atoms with Gasteiger partial charge in [0.2, 0.25) is 0 Å². The number of carbonyl (C=O) groups is 1. The molecule has 0 amide bonds. The van der Waals surface area contributed by atoms with Crippen LogP contribution in [0.3, 0.4) is 0 Å². The first-order valence-electron chi connectivity index (χ1n) is 12.0. The van der Waals surface area contributed by atoms with E-state index < -0.39 is 18.1 Å². The molecule has 0 radical (unpaired) electrons. The van der Waals surface area contributed by atoms with Crippen molar-refractivity contribution < 1.29 is 14.3 Å². The highest BCUT2D eigenvalue weighted by Crippen LogP contribution is 2.47. The summed E-state index contributed by atoms with van der Waals surface area (Å²) in [6.45, 7) is 4.11. The van der Waals surface area contributed by atoms with E-state index in [1.54, 1.807) is 17.5 Å². The molecule has 10 nitrogen and oxygen atoms in total. The molecule has 4 heterocycles. The maximum Gasteiger partial charge on any atom is 0.323 e. The normalized spacial score (nSPS) is 22.4. The van der Waals surface area contributed by atoms with Crippen LogP contribution in [0, 0.1) is 11.1 Å². The smallest absolute Gasteiger partial charge is 0.323 e.